The van der Waals surface area contributed by atoms with Crippen LogP contribution in [0.4, 0.5) is 4.39 Å². The lowest BCUT2D eigenvalue weighted by molar-refractivity contribution is -0.917. The molecule has 28 heavy (non-hydrogen) atoms. The molecule has 1 atom stereocenters. The Bertz CT molecular complexity index is 813. The van der Waals surface area contributed by atoms with E-state index in [2.05, 4.69) is 0 Å². The topological polar surface area (TPSA) is 45.1 Å². The first-order valence-corrected chi connectivity index (χ1v) is 10.7. The molecule has 5 nitrogen and oxygen atoms in total. The van der Waals surface area contributed by atoms with E-state index >= 15 is 0 Å². The van der Waals surface area contributed by atoms with Gasteiger partial charge in [-0.1, -0.05) is 18.2 Å². The first-order chi connectivity index (χ1) is 13.6. The van der Waals surface area contributed by atoms with E-state index in [1.807, 2.05) is 27.3 Å². The number of carbonyl (C=O) groups is 2. The fraction of sp³-hybridized carbons (Fsp3) is 0.429. The van der Waals surface area contributed by atoms with Crippen molar-refractivity contribution >= 4 is 23.2 Å². The maximum atomic E-state index is 13.1. The predicted molar refractivity (Wildman–Crippen MR) is 106 cm³/mol. The molecule has 1 unspecified atom stereocenters. The fourth-order valence-corrected chi connectivity index (χ4v) is 4.42. The van der Waals surface area contributed by atoms with Gasteiger partial charge >= 0.3 is 0 Å². The van der Waals surface area contributed by atoms with Gasteiger partial charge in [0, 0.05) is 44.6 Å². The summed E-state index contributed by atoms with van der Waals surface area (Å²) in [5.41, 5.74) is 1.06. The van der Waals surface area contributed by atoms with Crippen molar-refractivity contribution in [3.8, 4) is 0 Å². The molecule has 1 aliphatic heterocycles. The maximum Gasteiger partial charge on any atom is 0.277 e. The molecule has 1 aliphatic carbocycles. The molecule has 2 aliphatic rings. The van der Waals surface area contributed by atoms with Gasteiger partial charge in [0.25, 0.3) is 11.8 Å². The molecule has 4 rings (SSSR count). The van der Waals surface area contributed by atoms with Crippen LogP contribution < -0.4 is 4.90 Å². The highest BCUT2D eigenvalue weighted by molar-refractivity contribution is 7.12. The second-order valence-corrected chi connectivity index (χ2v) is 8.51. The summed E-state index contributed by atoms with van der Waals surface area (Å²) in [5.74, 6) is -0.0290. The zero-order chi connectivity index (χ0) is 19.5. The van der Waals surface area contributed by atoms with Crippen molar-refractivity contribution in [1.82, 2.24) is 9.80 Å². The van der Waals surface area contributed by atoms with Crippen LogP contribution in [0.2, 0.25) is 0 Å². The van der Waals surface area contributed by atoms with Gasteiger partial charge in [0.1, 0.15) is 12.4 Å². The second kappa shape index (κ2) is 8.41. The molecule has 1 aromatic heterocycles. The summed E-state index contributed by atoms with van der Waals surface area (Å²) in [6.07, 6.45) is 2.29. The quantitative estimate of drug-likeness (QED) is 0.794. The zero-order valence-electron chi connectivity index (χ0n) is 15.8. The van der Waals surface area contributed by atoms with Crippen LogP contribution in [0.1, 0.15) is 28.1 Å². The van der Waals surface area contributed by atoms with Crippen molar-refractivity contribution in [3.63, 3.8) is 0 Å². The van der Waals surface area contributed by atoms with Gasteiger partial charge in [-0.15, -0.1) is 11.3 Å². The van der Waals surface area contributed by atoms with Gasteiger partial charge in [-0.25, -0.2) is 4.39 Å². The summed E-state index contributed by atoms with van der Waals surface area (Å²) in [6.45, 7) is 3.54. The summed E-state index contributed by atoms with van der Waals surface area (Å²) in [4.78, 5) is 31.0. The molecule has 2 fully saturated rings. The third-order valence-corrected chi connectivity index (χ3v) is 6.39. The molecule has 0 bridgehead atoms. The summed E-state index contributed by atoms with van der Waals surface area (Å²) < 4.78 is 13.1. The second-order valence-electron chi connectivity index (χ2n) is 7.56. The molecule has 148 valence electrons. The van der Waals surface area contributed by atoms with Crippen LogP contribution in [0.3, 0.4) is 0 Å². The normalized spacial score (nSPS) is 18.2. The molecular formula is C21H25FN3O2S+. The zero-order valence-corrected chi connectivity index (χ0v) is 16.6. The van der Waals surface area contributed by atoms with Crippen LogP contribution >= 0.6 is 11.3 Å². The lowest BCUT2D eigenvalue weighted by atomic mass is 10.2. The van der Waals surface area contributed by atoms with E-state index < -0.39 is 0 Å². The van der Waals surface area contributed by atoms with Crippen LogP contribution in [0.15, 0.2) is 41.8 Å². The number of quaternary nitrogens is 1. The fourth-order valence-electron chi connectivity index (χ4n) is 3.73. The first kappa shape index (κ1) is 19.1. The highest BCUT2D eigenvalue weighted by atomic mass is 32.1. The lowest BCUT2D eigenvalue weighted by Crippen LogP contribution is -3.13. The van der Waals surface area contributed by atoms with E-state index in [-0.39, 0.29) is 17.6 Å². The molecule has 1 saturated carbocycles. The van der Waals surface area contributed by atoms with E-state index in [4.69, 9.17) is 0 Å². The SMILES string of the molecule is O=C(C[NH+](Cc1ccc(F)cc1)C1CC1)N1CCN(C(=O)c2cccs2)CC1. The first-order valence-electron chi connectivity index (χ1n) is 9.80. The van der Waals surface area contributed by atoms with Crippen LogP contribution in [0.5, 0.6) is 0 Å². The van der Waals surface area contributed by atoms with Gasteiger partial charge in [-0.05, 0) is 23.6 Å². The molecule has 1 saturated heterocycles. The number of amides is 2. The number of benzene rings is 1. The van der Waals surface area contributed by atoms with Crippen molar-refractivity contribution in [2.45, 2.75) is 25.4 Å². The number of thiophene rings is 1. The lowest BCUT2D eigenvalue weighted by Gasteiger charge is -2.35. The van der Waals surface area contributed by atoms with Crippen LogP contribution in [0, 0.1) is 5.82 Å². The van der Waals surface area contributed by atoms with Gasteiger partial charge < -0.3 is 14.7 Å². The molecule has 0 radical (unpaired) electrons. The minimum absolute atomic E-state index is 0.0589. The minimum Gasteiger partial charge on any atom is -0.334 e. The van der Waals surface area contributed by atoms with Gasteiger partial charge in [-0.2, -0.15) is 0 Å². The Morgan fingerprint density at radius 1 is 1.04 bits per heavy atom. The summed E-state index contributed by atoms with van der Waals surface area (Å²) >= 11 is 1.45. The number of rotatable bonds is 6. The van der Waals surface area contributed by atoms with E-state index in [0.29, 0.717) is 38.8 Å². The van der Waals surface area contributed by atoms with Crippen molar-refractivity contribution in [2.75, 3.05) is 32.7 Å². The minimum atomic E-state index is -0.234. The largest absolute Gasteiger partial charge is 0.334 e. The van der Waals surface area contributed by atoms with Crippen molar-refractivity contribution in [2.24, 2.45) is 0 Å². The Morgan fingerprint density at radius 2 is 1.71 bits per heavy atom. The number of hydrogen-bond acceptors (Lipinski definition) is 3. The van der Waals surface area contributed by atoms with Gasteiger partial charge in [0.2, 0.25) is 0 Å². The molecule has 0 spiro atoms. The summed E-state index contributed by atoms with van der Waals surface area (Å²) in [5, 5.41) is 1.91. The van der Waals surface area contributed by atoms with E-state index in [9.17, 15) is 14.0 Å². The van der Waals surface area contributed by atoms with Gasteiger partial charge in [0.05, 0.1) is 10.9 Å². The van der Waals surface area contributed by atoms with E-state index in [1.54, 1.807) is 12.1 Å². The smallest absolute Gasteiger partial charge is 0.277 e. The Balaban J connectivity index is 1.30. The average molecular weight is 403 g/mol. The standard InChI is InChI=1S/C21H24FN3O2S/c22-17-5-3-16(4-6-17)14-25(18-7-8-18)15-20(26)23-9-11-24(12-10-23)21(27)19-2-1-13-28-19/h1-6,13,18H,7-12,14-15H2/p+1. The molecule has 7 heteroatoms. The Morgan fingerprint density at radius 3 is 2.32 bits per heavy atom. The number of halogens is 1. The molecule has 2 amide bonds. The Hall–Kier alpha value is -2.25. The van der Waals surface area contributed by atoms with Gasteiger partial charge in [-0.3, -0.25) is 9.59 Å². The molecule has 2 heterocycles. The number of nitrogens with zero attached hydrogens (tertiary/aromatic N) is 2. The summed E-state index contributed by atoms with van der Waals surface area (Å²) in [7, 11) is 0. The van der Waals surface area contributed by atoms with Crippen LogP contribution in [-0.4, -0.2) is 60.4 Å². The van der Waals surface area contributed by atoms with Gasteiger partial charge in [0.15, 0.2) is 6.54 Å². The number of nitrogens with one attached hydrogen (secondary N) is 1. The highest BCUT2D eigenvalue weighted by Crippen LogP contribution is 2.17. The third-order valence-electron chi connectivity index (χ3n) is 5.53. The number of piperazine rings is 1. The van der Waals surface area contributed by atoms with Crippen molar-refractivity contribution < 1.29 is 18.9 Å². The third kappa shape index (κ3) is 4.59. The number of carbonyl (C=O) groups excluding carboxylic acids is 2. The van der Waals surface area contributed by atoms with Crippen LogP contribution in [-0.2, 0) is 11.3 Å². The molecule has 1 aromatic carbocycles. The van der Waals surface area contributed by atoms with Crippen molar-refractivity contribution in [3.05, 3.63) is 58.0 Å². The highest BCUT2D eigenvalue weighted by Gasteiger charge is 2.36. The maximum absolute atomic E-state index is 13.1. The summed E-state index contributed by atoms with van der Waals surface area (Å²) in [6, 6.07) is 10.8. The van der Waals surface area contributed by atoms with Crippen molar-refractivity contribution in [1.29, 1.82) is 0 Å². The Kier molecular flexibility index (Phi) is 5.73. The van der Waals surface area contributed by atoms with Crippen LogP contribution in [0.25, 0.3) is 0 Å². The van der Waals surface area contributed by atoms with E-state index in [0.717, 1.165) is 29.8 Å². The number of hydrogen-bond donors (Lipinski definition) is 1. The molecular weight excluding hydrogens is 377 g/mol. The Labute approximate surface area is 168 Å². The predicted octanol–water partition coefficient (Wildman–Crippen LogP) is 1.42. The average Bonchev–Trinajstić information content (AvgIpc) is 3.42. The molecule has 1 N–H and O–H groups in total. The molecule has 2 aromatic rings. The van der Waals surface area contributed by atoms with E-state index in [1.165, 1.54) is 28.4 Å². The monoisotopic (exact) mass is 402 g/mol.